The lowest BCUT2D eigenvalue weighted by molar-refractivity contribution is -0.116. The van der Waals surface area contributed by atoms with E-state index in [4.69, 9.17) is 0 Å². The highest BCUT2D eigenvalue weighted by atomic mass is 32.2. The molecule has 1 saturated heterocycles. The van der Waals surface area contributed by atoms with Gasteiger partial charge in [-0.05, 0) is 19.3 Å². The van der Waals surface area contributed by atoms with Gasteiger partial charge in [0.05, 0.1) is 17.2 Å². The van der Waals surface area contributed by atoms with Crippen LogP contribution in [0.25, 0.3) is 0 Å². The smallest absolute Gasteiger partial charge is 0.227 e. The highest BCUT2D eigenvalue weighted by Gasteiger charge is 2.26. The molecule has 0 saturated carbocycles. The Morgan fingerprint density at radius 1 is 1.45 bits per heavy atom. The molecule has 1 fully saturated rings. The van der Waals surface area contributed by atoms with Gasteiger partial charge in [-0.1, -0.05) is 0 Å². The van der Waals surface area contributed by atoms with E-state index in [1.165, 1.54) is 16.2 Å². The number of nitrogens with one attached hydrogen (secondary N) is 2. The quantitative estimate of drug-likeness (QED) is 0.840. The van der Waals surface area contributed by atoms with Crippen molar-refractivity contribution >= 4 is 32.2 Å². The van der Waals surface area contributed by atoms with E-state index in [1.54, 1.807) is 0 Å². The molecule has 3 rings (SSSR count). The topological polar surface area (TPSA) is 88.2 Å². The average Bonchev–Trinajstić information content (AvgIpc) is 2.87. The number of hydrogen-bond donors (Lipinski definition) is 2. The maximum absolute atomic E-state index is 11.9. The first-order valence-electron chi connectivity index (χ1n) is 6.74. The Hall–Kier alpha value is -0.990. The minimum absolute atomic E-state index is 0.0365. The highest BCUT2D eigenvalue weighted by molar-refractivity contribution is 7.91. The van der Waals surface area contributed by atoms with Gasteiger partial charge < -0.3 is 10.6 Å². The molecule has 1 aromatic heterocycles. The van der Waals surface area contributed by atoms with Gasteiger partial charge >= 0.3 is 0 Å². The summed E-state index contributed by atoms with van der Waals surface area (Å²) in [5.41, 5.74) is 1.10. The number of rotatable bonds is 3. The second kappa shape index (κ2) is 5.42. The van der Waals surface area contributed by atoms with Crippen molar-refractivity contribution in [3.05, 3.63) is 10.6 Å². The lowest BCUT2D eigenvalue weighted by atomic mass is 10.2. The fraction of sp³-hybridized carbons (Fsp3) is 0.667. The minimum Gasteiger partial charge on any atom is -0.311 e. The van der Waals surface area contributed by atoms with Gasteiger partial charge in [0.2, 0.25) is 5.91 Å². The van der Waals surface area contributed by atoms with Crippen LogP contribution in [0, 0.1) is 0 Å². The molecule has 8 heteroatoms. The van der Waals surface area contributed by atoms with Gasteiger partial charge in [-0.15, -0.1) is 11.3 Å². The number of nitrogens with zero attached hydrogens (tertiary/aromatic N) is 1. The number of sulfone groups is 1. The zero-order chi connectivity index (χ0) is 14.2. The molecule has 2 heterocycles. The fourth-order valence-corrected chi connectivity index (χ4v) is 5.15. The van der Waals surface area contributed by atoms with E-state index in [0.29, 0.717) is 11.7 Å². The number of fused-ring (bicyclic) bond motifs is 1. The van der Waals surface area contributed by atoms with Gasteiger partial charge in [0, 0.05) is 23.9 Å². The number of aromatic nitrogens is 1. The van der Waals surface area contributed by atoms with E-state index < -0.39 is 9.84 Å². The van der Waals surface area contributed by atoms with Crippen molar-refractivity contribution in [3.63, 3.8) is 0 Å². The number of thiazole rings is 1. The van der Waals surface area contributed by atoms with Crippen LogP contribution in [-0.4, -0.2) is 43.4 Å². The molecular weight excluding hydrogens is 298 g/mol. The van der Waals surface area contributed by atoms with Crippen LogP contribution in [0.3, 0.4) is 0 Å². The molecule has 110 valence electrons. The van der Waals surface area contributed by atoms with Crippen LogP contribution in [0.1, 0.15) is 23.4 Å². The van der Waals surface area contributed by atoms with E-state index in [0.717, 1.165) is 25.0 Å². The number of amides is 1. The molecular formula is C12H17N3O3S2. The summed E-state index contributed by atoms with van der Waals surface area (Å²) >= 11 is 1.53. The summed E-state index contributed by atoms with van der Waals surface area (Å²) in [4.78, 5) is 17.6. The summed E-state index contributed by atoms with van der Waals surface area (Å²) < 4.78 is 23.0. The Morgan fingerprint density at radius 3 is 3.05 bits per heavy atom. The molecule has 2 N–H and O–H groups in total. The van der Waals surface area contributed by atoms with Gasteiger partial charge in [-0.3, -0.25) is 4.79 Å². The largest absolute Gasteiger partial charge is 0.311 e. The molecule has 0 bridgehead atoms. The third-order valence-corrected chi connectivity index (χ3v) is 6.38. The second-order valence-electron chi connectivity index (χ2n) is 5.26. The standard InChI is InChI=1S/C12H17N3O3S2/c16-11(6-8-7-20(17,18)5-4-13-8)15-12-14-9-2-1-3-10(9)19-12/h8,13H,1-7H2,(H,14,15,16). The maximum atomic E-state index is 11.9. The summed E-state index contributed by atoms with van der Waals surface area (Å²) in [5.74, 6) is 0.0195. The Balaban J connectivity index is 1.56. The van der Waals surface area contributed by atoms with Gasteiger partial charge in [-0.25, -0.2) is 13.4 Å². The van der Waals surface area contributed by atoms with Crippen LogP contribution >= 0.6 is 11.3 Å². The van der Waals surface area contributed by atoms with Crippen molar-refractivity contribution in [3.8, 4) is 0 Å². The monoisotopic (exact) mass is 315 g/mol. The molecule has 1 amide bonds. The van der Waals surface area contributed by atoms with E-state index >= 15 is 0 Å². The molecule has 2 aliphatic rings. The number of hydrogen-bond acceptors (Lipinski definition) is 6. The summed E-state index contributed by atoms with van der Waals surface area (Å²) in [6.07, 6.45) is 3.35. The predicted molar refractivity (Wildman–Crippen MR) is 77.8 cm³/mol. The van der Waals surface area contributed by atoms with Crippen molar-refractivity contribution < 1.29 is 13.2 Å². The zero-order valence-corrected chi connectivity index (χ0v) is 12.6. The Morgan fingerprint density at radius 2 is 2.30 bits per heavy atom. The number of carbonyl (C=O) groups excluding carboxylic acids is 1. The van der Waals surface area contributed by atoms with Gasteiger partial charge in [0.15, 0.2) is 15.0 Å². The number of carbonyl (C=O) groups is 1. The third-order valence-electron chi connectivity index (χ3n) is 3.58. The van der Waals surface area contributed by atoms with Crippen LogP contribution in [0.5, 0.6) is 0 Å². The first-order chi connectivity index (χ1) is 9.52. The average molecular weight is 315 g/mol. The van der Waals surface area contributed by atoms with Gasteiger partial charge in [0.1, 0.15) is 0 Å². The first-order valence-corrected chi connectivity index (χ1v) is 9.38. The van der Waals surface area contributed by atoms with E-state index in [1.807, 2.05) is 0 Å². The van der Waals surface area contributed by atoms with Crippen molar-refractivity contribution in [1.82, 2.24) is 10.3 Å². The molecule has 1 aliphatic heterocycles. The normalized spacial score (nSPS) is 24.3. The van der Waals surface area contributed by atoms with Gasteiger partial charge in [0.25, 0.3) is 0 Å². The molecule has 0 spiro atoms. The zero-order valence-electron chi connectivity index (χ0n) is 11.0. The lowest BCUT2D eigenvalue weighted by Crippen LogP contribution is -2.46. The van der Waals surface area contributed by atoms with Crippen molar-refractivity contribution in [2.24, 2.45) is 0 Å². The van der Waals surface area contributed by atoms with Crippen molar-refractivity contribution in [2.75, 3.05) is 23.4 Å². The van der Waals surface area contributed by atoms with Crippen molar-refractivity contribution in [2.45, 2.75) is 31.7 Å². The SMILES string of the molecule is O=C(CC1CS(=O)(=O)CCN1)Nc1nc2c(s1)CCC2. The lowest BCUT2D eigenvalue weighted by Gasteiger charge is -2.22. The Bertz CT molecular complexity index is 602. The molecule has 1 atom stereocenters. The molecule has 1 aliphatic carbocycles. The molecule has 6 nitrogen and oxygen atoms in total. The van der Waals surface area contributed by atoms with Crippen LogP contribution in [0.4, 0.5) is 5.13 Å². The van der Waals surface area contributed by atoms with E-state index in [-0.39, 0.29) is 29.9 Å². The summed E-state index contributed by atoms with van der Waals surface area (Å²) in [6.45, 7) is 0.422. The molecule has 0 radical (unpaired) electrons. The fourth-order valence-electron chi connectivity index (χ4n) is 2.64. The molecule has 20 heavy (non-hydrogen) atoms. The van der Waals surface area contributed by atoms with E-state index in [9.17, 15) is 13.2 Å². The van der Waals surface area contributed by atoms with Crippen LogP contribution in [-0.2, 0) is 27.5 Å². The Labute approximate surface area is 121 Å². The number of anilines is 1. The minimum atomic E-state index is -3.00. The molecule has 1 unspecified atom stereocenters. The predicted octanol–water partition coefficient (Wildman–Crippen LogP) is 0.347. The van der Waals surface area contributed by atoms with Crippen molar-refractivity contribution in [1.29, 1.82) is 0 Å². The van der Waals surface area contributed by atoms with E-state index in [2.05, 4.69) is 15.6 Å². The Kier molecular flexibility index (Phi) is 3.78. The third kappa shape index (κ3) is 3.18. The highest BCUT2D eigenvalue weighted by Crippen LogP contribution is 2.30. The second-order valence-corrected chi connectivity index (χ2v) is 8.57. The van der Waals surface area contributed by atoms with Crippen LogP contribution in [0.15, 0.2) is 0 Å². The van der Waals surface area contributed by atoms with Gasteiger partial charge in [-0.2, -0.15) is 0 Å². The summed E-state index contributed by atoms with van der Waals surface area (Å²) in [6, 6.07) is -0.291. The summed E-state index contributed by atoms with van der Waals surface area (Å²) in [5, 5.41) is 6.49. The van der Waals surface area contributed by atoms with Crippen LogP contribution < -0.4 is 10.6 Å². The maximum Gasteiger partial charge on any atom is 0.227 e. The summed E-state index contributed by atoms with van der Waals surface area (Å²) in [7, 11) is -3.00. The number of aryl methyl sites for hydroxylation is 2. The molecule has 1 aromatic rings. The van der Waals surface area contributed by atoms with Crippen LogP contribution in [0.2, 0.25) is 0 Å². The molecule has 0 aromatic carbocycles. The first kappa shape index (κ1) is 14.0.